The van der Waals surface area contributed by atoms with E-state index in [2.05, 4.69) is 42.8 Å². The number of anilines is 1. The largest absolute Gasteiger partial charge is 0.357 e. The molecule has 0 aromatic carbocycles. The van der Waals surface area contributed by atoms with Crippen LogP contribution in [0.2, 0.25) is 0 Å². The van der Waals surface area contributed by atoms with Gasteiger partial charge in [-0.25, -0.2) is 4.98 Å². The number of rotatable bonds is 5. The molecule has 90 valence electrons. The average Bonchev–Trinajstić information content (AvgIpc) is 2.25. The van der Waals surface area contributed by atoms with E-state index in [0.717, 1.165) is 30.2 Å². The molecule has 0 amide bonds. The Bertz CT molecular complexity index is 334. The molecule has 1 aromatic rings. The molecule has 3 nitrogen and oxygen atoms in total. The quantitative estimate of drug-likeness (QED) is 0.829. The lowest BCUT2D eigenvalue weighted by Gasteiger charge is -2.24. The van der Waals surface area contributed by atoms with Gasteiger partial charge in [0.25, 0.3) is 0 Å². The van der Waals surface area contributed by atoms with E-state index < -0.39 is 0 Å². The summed E-state index contributed by atoms with van der Waals surface area (Å²) < 4.78 is 0. The molecule has 0 saturated heterocycles. The molecule has 0 unspecified atom stereocenters. The first-order chi connectivity index (χ1) is 7.58. The Hall–Kier alpha value is -1.09. The second kappa shape index (κ2) is 5.85. The second-order valence-electron chi connectivity index (χ2n) is 4.55. The minimum absolute atomic E-state index is 0.565. The molecule has 0 saturated carbocycles. The zero-order valence-corrected chi connectivity index (χ0v) is 10.8. The monoisotopic (exact) mass is 221 g/mol. The maximum absolute atomic E-state index is 5.64. The van der Waals surface area contributed by atoms with Crippen molar-refractivity contribution in [1.29, 1.82) is 0 Å². The Balaban J connectivity index is 2.89. The van der Waals surface area contributed by atoms with Crippen molar-refractivity contribution < 1.29 is 0 Å². The molecule has 0 aliphatic rings. The molecule has 0 spiro atoms. The molecule has 0 radical (unpaired) electrons. The summed E-state index contributed by atoms with van der Waals surface area (Å²) in [5.74, 6) is 1.71. The van der Waals surface area contributed by atoms with Crippen LogP contribution in [0, 0.1) is 12.8 Å². The van der Waals surface area contributed by atoms with Crippen LogP contribution in [-0.2, 0) is 6.54 Å². The molecule has 0 atom stereocenters. The third kappa shape index (κ3) is 3.20. The Morgan fingerprint density at radius 2 is 2.06 bits per heavy atom. The molecule has 3 heteroatoms. The molecule has 2 N–H and O–H groups in total. The highest BCUT2D eigenvalue weighted by Crippen LogP contribution is 2.15. The van der Waals surface area contributed by atoms with Crippen LogP contribution < -0.4 is 10.6 Å². The standard InChI is InChI=1S/C13H23N3/c1-5-16(9-10(2)3)13-7-6-12(8-14)11(4)15-13/h6-7,10H,5,8-9,14H2,1-4H3. The second-order valence-corrected chi connectivity index (χ2v) is 4.55. The minimum atomic E-state index is 0.565. The van der Waals surface area contributed by atoms with Gasteiger partial charge in [0, 0.05) is 25.3 Å². The summed E-state index contributed by atoms with van der Waals surface area (Å²) in [5.41, 5.74) is 7.81. The number of nitrogens with two attached hydrogens (primary N) is 1. The number of nitrogens with zero attached hydrogens (tertiary/aromatic N) is 2. The average molecular weight is 221 g/mol. The summed E-state index contributed by atoms with van der Waals surface area (Å²) in [4.78, 5) is 6.92. The lowest BCUT2D eigenvalue weighted by molar-refractivity contribution is 0.614. The summed E-state index contributed by atoms with van der Waals surface area (Å²) >= 11 is 0. The lowest BCUT2D eigenvalue weighted by atomic mass is 10.2. The first kappa shape index (κ1) is 13.0. The smallest absolute Gasteiger partial charge is 0.128 e. The van der Waals surface area contributed by atoms with E-state index in [4.69, 9.17) is 5.73 Å². The summed E-state index contributed by atoms with van der Waals surface area (Å²) in [6.45, 7) is 11.2. The summed E-state index contributed by atoms with van der Waals surface area (Å²) in [6.07, 6.45) is 0. The SMILES string of the molecule is CCN(CC(C)C)c1ccc(CN)c(C)n1. The number of aromatic nitrogens is 1. The van der Waals surface area contributed by atoms with Gasteiger partial charge in [-0.05, 0) is 31.4 Å². The van der Waals surface area contributed by atoms with Gasteiger partial charge in [0.15, 0.2) is 0 Å². The van der Waals surface area contributed by atoms with Gasteiger partial charge in [-0.2, -0.15) is 0 Å². The fourth-order valence-corrected chi connectivity index (χ4v) is 1.79. The fourth-order valence-electron chi connectivity index (χ4n) is 1.79. The third-order valence-corrected chi connectivity index (χ3v) is 2.69. The maximum Gasteiger partial charge on any atom is 0.128 e. The molecule has 0 aliphatic heterocycles. The normalized spacial score (nSPS) is 10.9. The Morgan fingerprint density at radius 3 is 2.50 bits per heavy atom. The summed E-state index contributed by atoms with van der Waals surface area (Å²) in [6, 6.07) is 4.15. The van der Waals surface area contributed by atoms with Crippen LogP contribution in [0.4, 0.5) is 5.82 Å². The predicted molar refractivity (Wildman–Crippen MR) is 69.6 cm³/mol. The molecule has 1 heterocycles. The summed E-state index contributed by atoms with van der Waals surface area (Å²) in [5, 5.41) is 0. The fraction of sp³-hybridized carbons (Fsp3) is 0.615. The van der Waals surface area contributed by atoms with Gasteiger partial charge >= 0.3 is 0 Å². The highest BCUT2D eigenvalue weighted by molar-refractivity contribution is 5.41. The first-order valence-electron chi connectivity index (χ1n) is 6.00. The van der Waals surface area contributed by atoms with Crippen LogP contribution in [0.15, 0.2) is 12.1 Å². The van der Waals surface area contributed by atoms with Crippen LogP contribution >= 0.6 is 0 Å². The van der Waals surface area contributed by atoms with E-state index in [-0.39, 0.29) is 0 Å². The van der Waals surface area contributed by atoms with Crippen LogP contribution in [0.5, 0.6) is 0 Å². The Labute approximate surface area is 98.7 Å². The molecule has 16 heavy (non-hydrogen) atoms. The maximum atomic E-state index is 5.64. The van der Waals surface area contributed by atoms with Gasteiger partial charge in [-0.1, -0.05) is 19.9 Å². The van der Waals surface area contributed by atoms with E-state index in [1.165, 1.54) is 0 Å². The highest BCUT2D eigenvalue weighted by Gasteiger charge is 2.09. The van der Waals surface area contributed by atoms with Crippen molar-refractivity contribution in [1.82, 2.24) is 4.98 Å². The number of hydrogen-bond donors (Lipinski definition) is 1. The van der Waals surface area contributed by atoms with Crippen molar-refractivity contribution in [3.8, 4) is 0 Å². The van der Waals surface area contributed by atoms with Crippen molar-refractivity contribution in [2.75, 3.05) is 18.0 Å². The van der Waals surface area contributed by atoms with Crippen molar-refractivity contribution in [3.05, 3.63) is 23.4 Å². The van der Waals surface area contributed by atoms with Gasteiger partial charge in [-0.15, -0.1) is 0 Å². The van der Waals surface area contributed by atoms with Gasteiger partial charge in [0.05, 0.1) is 0 Å². The molecular weight excluding hydrogens is 198 g/mol. The van der Waals surface area contributed by atoms with Crippen LogP contribution in [-0.4, -0.2) is 18.1 Å². The van der Waals surface area contributed by atoms with Gasteiger partial charge in [-0.3, -0.25) is 0 Å². The molecule has 0 fully saturated rings. The van der Waals surface area contributed by atoms with E-state index in [1.54, 1.807) is 0 Å². The highest BCUT2D eigenvalue weighted by atomic mass is 15.2. The third-order valence-electron chi connectivity index (χ3n) is 2.69. The van der Waals surface area contributed by atoms with Gasteiger partial charge < -0.3 is 10.6 Å². The van der Waals surface area contributed by atoms with Gasteiger partial charge in [0.1, 0.15) is 5.82 Å². The number of aryl methyl sites for hydroxylation is 1. The summed E-state index contributed by atoms with van der Waals surface area (Å²) in [7, 11) is 0. The zero-order chi connectivity index (χ0) is 12.1. The lowest BCUT2D eigenvalue weighted by Crippen LogP contribution is -2.28. The number of pyridine rings is 1. The molecule has 1 aromatic heterocycles. The van der Waals surface area contributed by atoms with Crippen LogP contribution in [0.3, 0.4) is 0 Å². The topological polar surface area (TPSA) is 42.1 Å². The van der Waals surface area contributed by atoms with Crippen molar-refractivity contribution in [2.24, 2.45) is 11.7 Å². The predicted octanol–water partition coefficient (Wildman–Crippen LogP) is 2.33. The molecule has 1 rings (SSSR count). The van der Waals surface area contributed by atoms with Gasteiger partial charge in [0.2, 0.25) is 0 Å². The van der Waals surface area contributed by atoms with E-state index >= 15 is 0 Å². The molecule has 0 aliphatic carbocycles. The molecule has 0 bridgehead atoms. The number of hydrogen-bond acceptors (Lipinski definition) is 3. The Morgan fingerprint density at radius 1 is 1.38 bits per heavy atom. The Kier molecular flexibility index (Phi) is 4.74. The van der Waals surface area contributed by atoms with Crippen molar-refractivity contribution in [3.63, 3.8) is 0 Å². The van der Waals surface area contributed by atoms with E-state index in [0.29, 0.717) is 12.5 Å². The van der Waals surface area contributed by atoms with Crippen molar-refractivity contribution in [2.45, 2.75) is 34.2 Å². The van der Waals surface area contributed by atoms with Crippen LogP contribution in [0.1, 0.15) is 32.0 Å². The van der Waals surface area contributed by atoms with E-state index in [9.17, 15) is 0 Å². The molecular formula is C13H23N3. The zero-order valence-electron chi connectivity index (χ0n) is 10.8. The van der Waals surface area contributed by atoms with E-state index in [1.807, 2.05) is 6.92 Å². The minimum Gasteiger partial charge on any atom is -0.357 e. The first-order valence-corrected chi connectivity index (χ1v) is 6.00. The van der Waals surface area contributed by atoms with Crippen LogP contribution in [0.25, 0.3) is 0 Å². The van der Waals surface area contributed by atoms with Crippen molar-refractivity contribution >= 4 is 5.82 Å².